The van der Waals surface area contributed by atoms with Crippen molar-refractivity contribution in [2.45, 2.75) is 30.6 Å². The van der Waals surface area contributed by atoms with Crippen molar-refractivity contribution >= 4 is 29.0 Å². The highest BCUT2D eigenvalue weighted by atomic mass is 32.2. The predicted octanol–water partition coefficient (Wildman–Crippen LogP) is 3.96. The van der Waals surface area contributed by atoms with Gasteiger partial charge in [-0.25, -0.2) is 4.98 Å². The van der Waals surface area contributed by atoms with Gasteiger partial charge >= 0.3 is 0 Å². The molecule has 0 aliphatic carbocycles. The van der Waals surface area contributed by atoms with Crippen LogP contribution in [-0.2, 0) is 4.79 Å². The molecular formula is C17H19N3OS2. The summed E-state index contributed by atoms with van der Waals surface area (Å²) in [6.45, 7) is 5.59. The smallest absolute Gasteiger partial charge is 0.231 e. The maximum absolute atomic E-state index is 12.1. The Morgan fingerprint density at radius 2 is 2.13 bits per heavy atom. The van der Waals surface area contributed by atoms with Crippen molar-refractivity contribution in [1.29, 1.82) is 5.26 Å². The molecule has 0 unspecified atom stereocenters. The van der Waals surface area contributed by atoms with E-state index < -0.39 is 5.54 Å². The lowest BCUT2D eigenvalue weighted by molar-refractivity contribution is -0.120. The van der Waals surface area contributed by atoms with Gasteiger partial charge in [0.25, 0.3) is 0 Å². The zero-order valence-corrected chi connectivity index (χ0v) is 15.0. The van der Waals surface area contributed by atoms with Crippen LogP contribution in [0.2, 0.25) is 0 Å². The monoisotopic (exact) mass is 345 g/mol. The van der Waals surface area contributed by atoms with E-state index in [0.29, 0.717) is 0 Å². The van der Waals surface area contributed by atoms with Gasteiger partial charge in [0.05, 0.1) is 17.5 Å². The van der Waals surface area contributed by atoms with Crippen LogP contribution in [0.5, 0.6) is 0 Å². The number of nitrogens with one attached hydrogen (secondary N) is 1. The molecular weight excluding hydrogens is 326 g/mol. The number of thiazole rings is 1. The normalized spacial score (nSPS) is 13.3. The molecule has 4 nitrogen and oxygen atoms in total. The average molecular weight is 345 g/mol. The first kappa shape index (κ1) is 17.5. The van der Waals surface area contributed by atoms with Gasteiger partial charge in [-0.3, -0.25) is 4.79 Å². The van der Waals surface area contributed by atoms with E-state index in [1.807, 2.05) is 49.6 Å². The molecule has 0 bridgehead atoms. The summed E-state index contributed by atoms with van der Waals surface area (Å²) in [6, 6.07) is 12.1. The third-order valence-electron chi connectivity index (χ3n) is 3.67. The largest absolute Gasteiger partial charge is 0.337 e. The number of aromatic nitrogens is 1. The summed E-state index contributed by atoms with van der Waals surface area (Å²) in [7, 11) is 0. The van der Waals surface area contributed by atoms with Crippen molar-refractivity contribution < 1.29 is 4.79 Å². The van der Waals surface area contributed by atoms with Crippen molar-refractivity contribution in [3.8, 4) is 17.3 Å². The van der Waals surface area contributed by atoms with Crippen LogP contribution in [0.3, 0.4) is 0 Å². The molecule has 23 heavy (non-hydrogen) atoms. The van der Waals surface area contributed by atoms with Crippen LogP contribution in [0.15, 0.2) is 40.1 Å². The van der Waals surface area contributed by atoms with Gasteiger partial charge in [-0.2, -0.15) is 5.26 Å². The van der Waals surface area contributed by atoms with E-state index >= 15 is 0 Å². The summed E-state index contributed by atoms with van der Waals surface area (Å²) in [5.41, 5.74) is 1.15. The quantitative estimate of drug-likeness (QED) is 0.805. The van der Waals surface area contributed by atoms with Crippen LogP contribution in [0.25, 0.3) is 11.3 Å². The molecule has 1 aromatic heterocycles. The molecule has 1 aromatic carbocycles. The van der Waals surface area contributed by atoms with Gasteiger partial charge in [0.15, 0.2) is 4.34 Å². The lowest BCUT2D eigenvalue weighted by Crippen LogP contribution is -2.49. The van der Waals surface area contributed by atoms with Crippen LogP contribution in [0, 0.1) is 17.2 Å². The second kappa shape index (κ2) is 7.62. The number of nitriles is 1. The van der Waals surface area contributed by atoms with Gasteiger partial charge in [-0.15, -0.1) is 11.3 Å². The molecule has 1 amide bonds. The third kappa shape index (κ3) is 4.57. The van der Waals surface area contributed by atoms with Crippen molar-refractivity contribution in [2.24, 2.45) is 5.92 Å². The molecule has 1 N–H and O–H groups in total. The zero-order chi connectivity index (χ0) is 16.9. The van der Waals surface area contributed by atoms with Gasteiger partial charge in [-0.1, -0.05) is 55.9 Å². The number of thioether (sulfide) groups is 1. The zero-order valence-electron chi connectivity index (χ0n) is 13.4. The molecule has 0 spiro atoms. The van der Waals surface area contributed by atoms with E-state index in [0.717, 1.165) is 15.6 Å². The minimum atomic E-state index is -0.838. The predicted molar refractivity (Wildman–Crippen MR) is 95.3 cm³/mol. The molecule has 2 aromatic rings. The number of amides is 1. The first-order valence-corrected chi connectivity index (χ1v) is 9.17. The second-order valence-electron chi connectivity index (χ2n) is 5.67. The first-order valence-electron chi connectivity index (χ1n) is 7.30. The standard InChI is InChI=1S/C17H19N3OS2/c1-12(2)17(3,11-18)20-15(21)10-23-16-19-14(9-22-16)13-7-5-4-6-8-13/h4-9,12H,10H2,1-3H3,(H,20,21)/t17-/m0/s1. The Morgan fingerprint density at radius 1 is 1.43 bits per heavy atom. The van der Waals surface area contributed by atoms with Gasteiger partial charge in [0.2, 0.25) is 5.91 Å². The number of carbonyl (C=O) groups is 1. The van der Waals surface area contributed by atoms with Crippen molar-refractivity contribution in [3.05, 3.63) is 35.7 Å². The lowest BCUT2D eigenvalue weighted by atomic mass is 9.90. The summed E-state index contributed by atoms with van der Waals surface area (Å²) in [6.07, 6.45) is 0. The Labute approximate surface area is 144 Å². The summed E-state index contributed by atoms with van der Waals surface area (Å²) >= 11 is 2.92. The minimum Gasteiger partial charge on any atom is -0.337 e. The van der Waals surface area contributed by atoms with Crippen LogP contribution >= 0.6 is 23.1 Å². The molecule has 120 valence electrons. The number of benzene rings is 1. The fourth-order valence-corrected chi connectivity index (χ4v) is 3.45. The molecule has 0 aliphatic rings. The molecule has 0 radical (unpaired) electrons. The highest BCUT2D eigenvalue weighted by molar-refractivity contribution is 8.01. The van der Waals surface area contributed by atoms with E-state index in [2.05, 4.69) is 16.4 Å². The molecule has 0 aliphatic heterocycles. The fourth-order valence-electron chi connectivity index (χ4n) is 1.82. The van der Waals surface area contributed by atoms with Crippen molar-refractivity contribution in [1.82, 2.24) is 10.3 Å². The van der Waals surface area contributed by atoms with E-state index in [9.17, 15) is 10.1 Å². The average Bonchev–Trinajstić information content (AvgIpc) is 3.02. The number of carbonyl (C=O) groups excluding carboxylic acids is 1. The summed E-state index contributed by atoms with van der Waals surface area (Å²) in [5.74, 6) is 0.154. The highest BCUT2D eigenvalue weighted by Gasteiger charge is 2.29. The minimum absolute atomic E-state index is 0.0472. The lowest BCUT2D eigenvalue weighted by Gasteiger charge is -2.27. The Bertz CT molecular complexity index is 706. The Kier molecular flexibility index (Phi) is 5.80. The van der Waals surface area contributed by atoms with Crippen LogP contribution in [-0.4, -0.2) is 22.2 Å². The van der Waals surface area contributed by atoms with Crippen LogP contribution in [0.4, 0.5) is 0 Å². The summed E-state index contributed by atoms with van der Waals surface area (Å²) < 4.78 is 0.849. The Hall–Kier alpha value is -1.84. The maximum Gasteiger partial charge on any atom is 0.231 e. The van der Waals surface area contributed by atoms with Crippen molar-refractivity contribution in [3.63, 3.8) is 0 Å². The highest BCUT2D eigenvalue weighted by Crippen LogP contribution is 2.28. The molecule has 2 rings (SSSR count). The van der Waals surface area contributed by atoms with E-state index in [4.69, 9.17) is 0 Å². The Morgan fingerprint density at radius 3 is 2.74 bits per heavy atom. The summed E-state index contributed by atoms with van der Waals surface area (Å²) in [5, 5.41) is 14.0. The fraction of sp³-hybridized carbons (Fsp3) is 0.353. The van der Waals surface area contributed by atoms with Gasteiger partial charge < -0.3 is 5.32 Å². The number of hydrogen-bond acceptors (Lipinski definition) is 5. The molecule has 1 atom stereocenters. The summed E-state index contributed by atoms with van der Waals surface area (Å²) in [4.78, 5) is 16.6. The Balaban J connectivity index is 1.93. The first-order chi connectivity index (χ1) is 10.9. The van der Waals surface area contributed by atoms with Gasteiger partial charge in [-0.05, 0) is 12.8 Å². The van der Waals surface area contributed by atoms with E-state index in [1.165, 1.54) is 23.1 Å². The van der Waals surface area contributed by atoms with E-state index in [-0.39, 0.29) is 17.6 Å². The number of rotatable bonds is 6. The molecule has 0 saturated heterocycles. The SMILES string of the molecule is CC(C)[C@](C)(C#N)NC(=O)CSc1nc(-c2ccccc2)cs1. The topological polar surface area (TPSA) is 65.8 Å². The molecule has 6 heteroatoms. The van der Waals surface area contributed by atoms with Crippen molar-refractivity contribution in [2.75, 3.05) is 5.75 Å². The number of hydrogen-bond donors (Lipinski definition) is 1. The second-order valence-corrected chi connectivity index (χ2v) is 7.75. The maximum atomic E-state index is 12.1. The van der Waals surface area contributed by atoms with Crippen LogP contribution < -0.4 is 5.32 Å². The molecule has 0 fully saturated rings. The van der Waals surface area contributed by atoms with Gasteiger partial charge in [0.1, 0.15) is 5.54 Å². The molecule has 1 heterocycles. The van der Waals surface area contributed by atoms with E-state index in [1.54, 1.807) is 6.92 Å². The van der Waals surface area contributed by atoms with Gasteiger partial charge in [0, 0.05) is 10.9 Å². The van der Waals surface area contributed by atoms with Crippen LogP contribution in [0.1, 0.15) is 20.8 Å². The number of nitrogens with zero attached hydrogens (tertiary/aromatic N) is 2. The third-order valence-corrected chi connectivity index (χ3v) is 5.69. The molecule has 0 saturated carbocycles.